The molecule has 0 aliphatic heterocycles. The Kier molecular flexibility index (Phi) is 4.43. The lowest BCUT2D eigenvalue weighted by Gasteiger charge is -2.06. The van der Waals surface area contributed by atoms with E-state index in [4.69, 9.17) is 4.42 Å². The van der Waals surface area contributed by atoms with Crippen molar-refractivity contribution >= 4 is 0 Å². The monoisotopic (exact) mass is 261 g/mol. The van der Waals surface area contributed by atoms with E-state index in [0.717, 1.165) is 31.0 Å². The van der Waals surface area contributed by atoms with Gasteiger partial charge in [-0.15, -0.1) is 0 Å². The molecular weight excluding hydrogens is 238 g/mol. The van der Waals surface area contributed by atoms with Gasteiger partial charge in [0.1, 0.15) is 5.76 Å². The summed E-state index contributed by atoms with van der Waals surface area (Å²) in [6.07, 6.45) is 2.79. The van der Waals surface area contributed by atoms with Crippen molar-refractivity contribution in [1.29, 1.82) is 0 Å². The van der Waals surface area contributed by atoms with E-state index in [-0.39, 0.29) is 0 Å². The van der Waals surface area contributed by atoms with Gasteiger partial charge in [-0.3, -0.25) is 4.68 Å². The summed E-state index contributed by atoms with van der Waals surface area (Å²) in [5.74, 6) is 0.995. The third-order valence-corrected chi connectivity index (χ3v) is 3.58. The molecule has 2 aromatic rings. The van der Waals surface area contributed by atoms with Crippen LogP contribution in [0.25, 0.3) is 0 Å². The molecule has 104 valence electrons. The Morgan fingerprint density at radius 2 is 2.11 bits per heavy atom. The van der Waals surface area contributed by atoms with Crippen LogP contribution in [0, 0.1) is 13.8 Å². The second kappa shape index (κ2) is 6.06. The van der Waals surface area contributed by atoms with Crippen LogP contribution in [0.1, 0.15) is 42.1 Å². The quantitative estimate of drug-likeness (QED) is 0.869. The van der Waals surface area contributed by atoms with Crippen LogP contribution in [0.3, 0.4) is 0 Å². The summed E-state index contributed by atoms with van der Waals surface area (Å²) >= 11 is 0. The van der Waals surface area contributed by atoms with Gasteiger partial charge < -0.3 is 9.73 Å². The third kappa shape index (κ3) is 2.89. The molecule has 0 aliphatic carbocycles. The standard InChI is InChI=1S/C15H23N3O/c1-5-14-11(3)17-18(12(14)4)10-15-13(7-8-19-15)9-16-6-2/h7-8,16H,5-6,9-10H2,1-4H3. The lowest BCUT2D eigenvalue weighted by Crippen LogP contribution is -2.13. The van der Waals surface area contributed by atoms with E-state index in [0.29, 0.717) is 6.54 Å². The molecule has 0 saturated heterocycles. The Bertz CT molecular complexity index is 540. The smallest absolute Gasteiger partial charge is 0.129 e. The van der Waals surface area contributed by atoms with Gasteiger partial charge in [-0.2, -0.15) is 5.10 Å². The van der Waals surface area contributed by atoms with Crippen molar-refractivity contribution in [2.45, 2.75) is 47.2 Å². The molecule has 2 aromatic heterocycles. The average molecular weight is 261 g/mol. The van der Waals surface area contributed by atoms with E-state index in [1.165, 1.54) is 16.8 Å². The normalized spacial score (nSPS) is 11.2. The van der Waals surface area contributed by atoms with Crippen molar-refractivity contribution in [2.75, 3.05) is 6.54 Å². The van der Waals surface area contributed by atoms with Crippen molar-refractivity contribution < 1.29 is 4.42 Å². The van der Waals surface area contributed by atoms with Crippen LogP contribution < -0.4 is 5.32 Å². The van der Waals surface area contributed by atoms with Crippen LogP contribution >= 0.6 is 0 Å². The summed E-state index contributed by atoms with van der Waals surface area (Å²) in [7, 11) is 0. The van der Waals surface area contributed by atoms with E-state index in [9.17, 15) is 0 Å². The van der Waals surface area contributed by atoms with Crippen molar-refractivity contribution in [3.63, 3.8) is 0 Å². The Morgan fingerprint density at radius 1 is 1.32 bits per heavy atom. The topological polar surface area (TPSA) is 43.0 Å². The number of nitrogens with one attached hydrogen (secondary N) is 1. The van der Waals surface area contributed by atoms with Gasteiger partial charge in [-0.25, -0.2) is 0 Å². The number of rotatable bonds is 6. The molecule has 4 heteroatoms. The SMILES string of the molecule is CCNCc1ccoc1Cn1nc(C)c(CC)c1C. The van der Waals surface area contributed by atoms with E-state index >= 15 is 0 Å². The first kappa shape index (κ1) is 13.9. The van der Waals surface area contributed by atoms with Crippen LogP contribution in [0.4, 0.5) is 0 Å². The molecule has 0 aromatic carbocycles. The van der Waals surface area contributed by atoms with E-state index < -0.39 is 0 Å². The second-order valence-corrected chi connectivity index (χ2v) is 4.81. The van der Waals surface area contributed by atoms with Gasteiger partial charge >= 0.3 is 0 Å². The number of nitrogens with zero attached hydrogens (tertiary/aromatic N) is 2. The highest BCUT2D eigenvalue weighted by molar-refractivity contribution is 5.25. The summed E-state index contributed by atoms with van der Waals surface area (Å²) in [6, 6.07) is 2.03. The molecule has 0 bridgehead atoms. The number of aryl methyl sites for hydroxylation is 1. The zero-order valence-corrected chi connectivity index (χ0v) is 12.3. The number of aromatic nitrogens is 2. The van der Waals surface area contributed by atoms with Crippen molar-refractivity contribution in [3.8, 4) is 0 Å². The minimum Gasteiger partial charge on any atom is -0.467 e. The van der Waals surface area contributed by atoms with E-state index in [1.807, 2.05) is 10.7 Å². The lowest BCUT2D eigenvalue weighted by molar-refractivity contribution is 0.468. The largest absolute Gasteiger partial charge is 0.467 e. The minimum atomic E-state index is 0.709. The average Bonchev–Trinajstić information content (AvgIpc) is 2.93. The fraction of sp³-hybridized carbons (Fsp3) is 0.533. The third-order valence-electron chi connectivity index (χ3n) is 3.58. The molecule has 19 heavy (non-hydrogen) atoms. The Hall–Kier alpha value is -1.55. The molecule has 0 aliphatic rings. The van der Waals surface area contributed by atoms with Gasteiger partial charge in [0.05, 0.1) is 18.5 Å². The minimum absolute atomic E-state index is 0.709. The first-order valence-electron chi connectivity index (χ1n) is 6.96. The Morgan fingerprint density at radius 3 is 2.74 bits per heavy atom. The lowest BCUT2D eigenvalue weighted by atomic mass is 10.1. The first-order chi connectivity index (χ1) is 9.17. The molecule has 0 saturated carbocycles. The molecule has 4 nitrogen and oxygen atoms in total. The molecule has 1 N–H and O–H groups in total. The van der Waals surface area contributed by atoms with Gasteiger partial charge in [0.2, 0.25) is 0 Å². The molecular formula is C15H23N3O. The fourth-order valence-electron chi connectivity index (χ4n) is 2.46. The molecule has 0 unspecified atom stereocenters. The van der Waals surface area contributed by atoms with Crippen LogP contribution in [0.15, 0.2) is 16.7 Å². The predicted molar refractivity (Wildman–Crippen MR) is 76.3 cm³/mol. The highest BCUT2D eigenvalue weighted by Crippen LogP contribution is 2.17. The van der Waals surface area contributed by atoms with Crippen molar-refractivity contribution in [1.82, 2.24) is 15.1 Å². The van der Waals surface area contributed by atoms with Gasteiger partial charge in [0.25, 0.3) is 0 Å². The summed E-state index contributed by atoms with van der Waals surface area (Å²) in [5.41, 5.74) is 4.93. The fourth-order valence-corrected chi connectivity index (χ4v) is 2.46. The maximum atomic E-state index is 5.60. The van der Waals surface area contributed by atoms with Gasteiger partial charge in [0, 0.05) is 17.8 Å². The zero-order valence-electron chi connectivity index (χ0n) is 12.3. The molecule has 0 fully saturated rings. The second-order valence-electron chi connectivity index (χ2n) is 4.81. The van der Waals surface area contributed by atoms with Gasteiger partial charge in [0.15, 0.2) is 0 Å². The highest BCUT2D eigenvalue weighted by Gasteiger charge is 2.13. The highest BCUT2D eigenvalue weighted by atomic mass is 16.3. The zero-order chi connectivity index (χ0) is 13.8. The van der Waals surface area contributed by atoms with Crippen molar-refractivity contribution in [3.05, 3.63) is 40.6 Å². The van der Waals surface area contributed by atoms with Gasteiger partial charge in [-0.1, -0.05) is 13.8 Å². The van der Waals surface area contributed by atoms with Gasteiger partial charge in [-0.05, 0) is 38.4 Å². The number of hydrogen-bond acceptors (Lipinski definition) is 3. The predicted octanol–water partition coefficient (Wildman–Crippen LogP) is 2.81. The summed E-state index contributed by atoms with van der Waals surface area (Å²) < 4.78 is 7.65. The number of furan rings is 1. The molecule has 2 heterocycles. The molecule has 0 amide bonds. The van der Waals surface area contributed by atoms with Crippen LogP contribution in [0.5, 0.6) is 0 Å². The molecule has 0 radical (unpaired) electrons. The van der Waals surface area contributed by atoms with Crippen LogP contribution in [-0.2, 0) is 19.5 Å². The molecule has 2 rings (SSSR count). The number of hydrogen-bond donors (Lipinski definition) is 1. The Labute approximate surface area is 114 Å². The summed E-state index contributed by atoms with van der Waals surface area (Å²) in [6.45, 7) is 11.0. The Balaban J connectivity index is 2.19. The summed E-state index contributed by atoms with van der Waals surface area (Å²) in [4.78, 5) is 0. The van der Waals surface area contributed by atoms with Crippen LogP contribution in [-0.4, -0.2) is 16.3 Å². The van der Waals surface area contributed by atoms with E-state index in [2.05, 4.69) is 38.1 Å². The maximum absolute atomic E-state index is 5.60. The molecule has 0 spiro atoms. The summed E-state index contributed by atoms with van der Waals surface area (Å²) in [5, 5.41) is 7.94. The van der Waals surface area contributed by atoms with Crippen LogP contribution in [0.2, 0.25) is 0 Å². The van der Waals surface area contributed by atoms with Crippen molar-refractivity contribution in [2.24, 2.45) is 0 Å². The first-order valence-corrected chi connectivity index (χ1v) is 6.96. The van der Waals surface area contributed by atoms with E-state index in [1.54, 1.807) is 6.26 Å². The maximum Gasteiger partial charge on any atom is 0.129 e. The molecule has 0 atom stereocenters.